The zero-order chi connectivity index (χ0) is 21.9. The van der Waals surface area contributed by atoms with E-state index in [4.69, 9.17) is 4.42 Å². The molecule has 0 radical (unpaired) electrons. The van der Waals surface area contributed by atoms with E-state index in [1.807, 2.05) is 26.0 Å². The maximum Gasteiger partial charge on any atom is 0.339 e. The number of furan rings is 1. The van der Waals surface area contributed by atoms with Gasteiger partial charge in [0.05, 0.1) is 11.0 Å². The zero-order valence-corrected chi connectivity index (χ0v) is 17.4. The van der Waals surface area contributed by atoms with Crippen molar-refractivity contribution in [2.45, 2.75) is 13.8 Å². The van der Waals surface area contributed by atoms with Gasteiger partial charge in [-0.15, -0.1) is 0 Å². The van der Waals surface area contributed by atoms with E-state index in [-0.39, 0.29) is 16.9 Å². The Balaban J connectivity index is 1.59. The second-order valence-electron chi connectivity index (χ2n) is 7.31. The van der Waals surface area contributed by atoms with Crippen LogP contribution in [0.5, 0.6) is 5.75 Å². The van der Waals surface area contributed by atoms with Gasteiger partial charge < -0.3 is 14.6 Å². The van der Waals surface area contributed by atoms with Crippen molar-refractivity contribution >= 4 is 39.4 Å². The number of carboxylic acid groups (broad SMARTS) is 1. The zero-order valence-electron chi connectivity index (χ0n) is 16.5. The van der Waals surface area contributed by atoms with Crippen molar-refractivity contribution < 1.29 is 19.4 Å². The van der Waals surface area contributed by atoms with Crippen LogP contribution in [0.15, 0.2) is 51.7 Å². The van der Waals surface area contributed by atoms with E-state index in [0.717, 1.165) is 22.2 Å². The van der Waals surface area contributed by atoms with Gasteiger partial charge >= 0.3 is 5.97 Å². The molecule has 3 aromatic heterocycles. The number of aromatic nitrogens is 2. The number of nitrogens with zero attached hydrogens (tertiary/aromatic N) is 2. The number of benzene rings is 2. The Labute approximate surface area is 179 Å². The largest absolute Gasteiger partial charge is 0.507 e. The molecule has 8 heteroatoms. The minimum absolute atomic E-state index is 0.165. The highest BCUT2D eigenvalue weighted by molar-refractivity contribution is 7.15. The standard InChI is InChI=1S/C23H16N2O5S/c1-11-7-16-17(8-12(11)2)25-21(27)20(31-23(25)24-16)10-14-4-6-19(30-14)13-3-5-18(26)15(9-13)22(28)29/h3-10,26H,1-2H3,(H,28,29). The quantitative estimate of drug-likeness (QED) is 0.450. The summed E-state index contributed by atoms with van der Waals surface area (Å²) >= 11 is 1.28. The van der Waals surface area contributed by atoms with Crippen LogP contribution in [0.1, 0.15) is 27.2 Å². The molecule has 0 saturated carbocycles. The number of carbonyl (C=O) groups is 1. The molecule has 0 unspecified atom stereocenters. The van der Waals surface area contributed by atoms with E-state index >= 15 is 0 Å². The van der Waals surface area contributed by atoms with Crippen molar-refractivity contribution in [2.24, 2.45) is 0 Å². The molecule has 0 saturated heterocycles. The molecule has 0 amide bonds. The first kappa shape index (κ1) is 19.1. The van der Waals surface area contributed by atoms with E-state index in [1.165, 1.54) is 23.5 Å². The highest BCUT2D eigenvalue weighted by Crippen LogP contribution is 2.28. The first-order valence-corrected chi connectivity index (χ1v) is 10.2. The van der Waals surface area contributed by atoms with E-state index in [1.54, 1.807) is 28.7 Å². The molecule has 0 spiro atoms. The second-order valence-corrected chi connectivity index (χ2v) is 8.32. The number of imidazole rings is 1. The van der Waals surface area contributed by atoms with Crippen molar-refractivity contribution in [3.63, 3.8) is 0 Å². The van der Waals surface area contributed by atoms with Crippen molar-refractivity contribution in [1.29, 1.82) is 0 Å². The highest BCUT2D eigenvalue weighted by atomic mass is 32.1. The van der Waals surface area contributed by atoms with Crippen molar-refractivity contribution in [3.8, 4) is 17.1 Å². The second kappa shape index (κ2) is 6.82. The van der Waals surface area contributed by atoms with Gasteiger partial charge in [0.2, 0.25) is 0 Å². The Morgan fingerprint density at radius 2 is 1.90 bits per heavy atom. The predicted octanol–water partition coefficient (Wildman–Crippen LogP) is 3.74. The number of aromatic hydroxyl groups is 1. The fraction of sp³-hybridized carbons (Fsp3) is 0.0870. The summed E-state index contributed by atoms with van der Waals surface area (Å²) in [6, 6.07) is 11.6. The molecule has 0 aliphatic carbocycles. The van der Waals surface area contributed by atoms with Crippen molar-refractivity contribution in [3.05, 3.63) is 79.8 Å². The molecule has 5 rings (SSSR count). The van der Waals surface area contributed by atoms with Gasteiger partial charge in [0.1, 0.15) is 27.4 Å². The molecule has 2 N–H and O–H groups in total. The maximum atomic E-state index is 13.0. The van der Waals surface area contributed by atoms with Gasteiger partial charge in [0.15, 0.2) is 4.96 Å². The third-order valence-corrected chi connectivity index (χ3v) is 6.23. The molecule has 2 aromatic carbocycles. The van der Waals surface area contributed by atoms with Crippen LogP contribution in [0, 0.1) is 13.8 Å². The molecule has 0 bridgehead atoms. The van der Waals surface area contributed by atoms with Gasteiger partial charge in [-0.25, -0.2) is 14.2 Å². The summed E-state index contributed by atoms with van der Waals surface area (Å²) in [5.74, 6) is -0.657. The first-order chi connectivity index (χ1) is 14.8. The topological polar surface area (TPSA) is 105 Å². The average molecular weight is 432 g/mol. The first-order valence-electron chi connectivity index (χ1n) is 9.42. The van der Waals surface area contributed by atoms with Gasteiger partial charge in [0, 0.05) is 11.6 Å². The summed E-state index contributed by atoms with van der Waals surface area (Å²) < 4.78 is 7.90. The normalized spacial score (nSPS) is 12.3. The molecular formula is C23H16N2O5S. The third kappa shape index (κ3) is 3.08. The van der Waals surface area contributed by atoms with Crippen LogP contribution in [-0.2, 0) is 0 Å². The van der Waals surface area contributed by atoms with Crippen molar-refractivity contribution in [2.75, 3.05) is 0 Å². The molecule has 5 aromatic rings. The Kier molecular flexibility index (Phi) is 4.19. The number of aryl methyl sites for hydroxylation is 2. The van der Waals surface area contributed by atoms with Crippen LogP contribution in [-0.4, -0.2) is 25.6 Å². The van der Waals surface area contributed by atoms with Crippen LogP contribution in [0.2, 0.25) is 0 Å². The van der Waals surface area contributed by atoms with Gasteiger partial charge in [-0.05, 0) is 67.4 Å². The smallest absolute Gasteiger partial charge is 0.339 e. The number of carboxylic acids is 1. The van der Waals surface area contributed by atoms with E-state index < -0.39 is 5.97 Å². The number of phenols is 1. The lowest BCUT2D eigenvalue weighted by Crippen LogP contribution is -2.22. The molecule has 7 nitrogen and oxygen atoms in total. The van der Waals surface area contributed by atoms with Crippen LogP contribution in [0.4, 0.5) is 0 Å². The summed E-state index contributed by atoms with van der Waals surface area (Å²) in [5.41, 5.74) is 3.93. The van der Waals surface area contributed by atoms with Crippen molar-refractivity contribution in [1.82, 2.24) is 9.38 Å². The fourth-order valence-corrected chi connectivity index (χ4v) is 4.46. The molecule has 0 aliphatic rings. The number of rotatable bonds is 3. The van der Waals surface area contributed by atoms with Gasteiger partial charge in [-0.1, -0.05) is 11.3 Å². The highest BCUT2D eigenvalue weighted by Gasteiger charge is 2.14. The summed E-state index contributed by atoms with van der Waals surface area (Å²) in [6.45, 7) is 4.02. The molecule has 31 heavy (non-hydrogen) atoms. The average Bonchev–Trinajstić information content (AvgIpc) is 3.39. The molecule has 0 aliphatic heterocycles. The van der Waals surface area contributed by atoms with E-state index in [2.05, 4.69) is 4.98 Å². The lowest BCUT2D eigenvalue weighted by Gasteiger charge is -2.02. The van der Waals surface area contributed by atoms with Gasteiger partial charge in [0.25, 0.3) is 5.56 Å². The monoisotopic (exact) mass is 432 g/mol. The van der Waals surface area contributed by atoms with E-state index in [9.17, 15) is 19.8 Å². The predicted molar refractivity (Wildman–Crippen MR) is 118 cm³/mol. The number of hydrogen-bond acceptors (Lipinski definition) is 6. The number of hydrogen-bond donors (Lipinski definition) is 2. The molecule has 0 fully saturated rings. The van der Waals surface area contributed by atoms with Gasteiger partial charge in [-0.3, -0.25) is 4.79 Å². The molecular weight excluding hydrogens is 416 g/mol. The Morgan fingerprint density at radius 1 is 1.13 bits per heavy atom. The lowest BCUT2D eigenvalue weighted by atomic mass is 10.1. The summed E-state index contributed by atoms with van der Waals surface area (Å²) in [6.07, 6.45) is 1.65. The van der Waals surface area contributed by atoms with E-state index in [0.29, 0.717) is 26.6 Å². The SMILES string of the molecule is Cc1cc2nc3sc(=Cc4ccc(-c5ccc(O)c(C(=O)O)c5)o4)c(=O)n3c2cc1C. The maximum absolute atomic E-state index is 13.0. The molecule has 0 atom stereocenters. The lowest BCUT2D eigenvalue weighted by molar-refractivity contribution is 0.0694. The number of aromatic carboxylic acids is 1. The van der Waals surface area contributed by atoms with Crippen LogP contribution >= 0.6 is 11.3 Å². The Hall–Kier alpha value is -3.91. The number of thiazole rings is 1. The minimum Gasteiger partial charge on any atom is -0.507 e. The fourth-order valence-electron chi connectivity index (χ4n) is 3.49. The Bertz CT molecular complexity index is 1620. The summed E-state index contributed by atoms with van der Waals surface area (Å²) in [4.78, 5) is 29.4. The van der Waals surface area contributed by atoms with Crippen LogP contribution in [0.3, 0.4) is 0 Å². The summed E-state index contributed by atoms with van der Waals surface area (Å²) in [5, 5.41) is 18.9. The molecule has 3 heterocycles. The van der Waals surface area contributed by atoms with Gasteiger partial charge in [-0.2, -0.15) is 0 Å². The Morgan fingerprint density at radius 3 is 2.68 bits per heavy atom. The number of fused-ring (bicyclic) bond motifs is 3. The summed E-state index contributed by atoms with van der Waals surface area (Å²) in [7, 11) is 0. The molecule has 154 valence electrons. The minimum atomic E-state index is -1.23. The van der Waals surface area contributed by atoms with Crippen LogP contribution in [0.25, 0.3) is 33.4 Å². The van der Waals surface area contributed by atoms with Crippen LogP contribution < -0.4 is 10.1 Å². The third-order valence-electron chi connectivity index (χ3n) is 5.27.